The summed E-state index contributed by atoms with van der Waals surface area (Å²) in [6.45, 7) is 4.16. The van der Waals surface area contributed by atoms with Crippen LogP contribution in [0.25, 0.3) is 6.08 Å². The zero-order valence-electron chi connectivity index (χ0n) is 15.5. The minimum atomic E-state index is -0.824. The van der Waals surface area contributed by atoms with Crippen molar-refractivity contribution in [1.29, 1.82) is 0 Å². The van der Waals surface area contributed by atoms with E-state index in [-0.39, 0.29) is 17.1 Å². The summed E-state index contributed by atoms with van der Waals surface area (Å²) in [6, 6.07) is 10.1. The normalized spacial score (nSPS) is 17.0. The highest BCUT2D eigenvalue weighted by Gasteiger charge is 2.36. The predicted molar refractivity (Wildman–Crippen MR) is 104 cm³/mol. The average molecular weight is 380 g/mol. The predicted octanol–water partition coefficient (Wildman–Crippen LogP) is 3.28. The molecule has 3 N–H and O–H groups in total. The number of imide groups is 2. The van der Waals surface area contributed by atoms with Gasteiger partial charge in [0.25, 0.3) is 11.8 Å². The lowest BCUT2D eigenvalue weighted by Gasteiger charge is -2.26. The lowest BCUT2D eigenvalue weighted by Crippen LogP contribution is -2.54. The molecule has 0 radical (unpaired) electrons. The second kappa shape index (κ2) is 7.56. The lowest BCUT2D eigenvalue weighted by atomic mass is 9.98. The van der Waals surface area contributed by atoms with Crippen LogP contribution in [0, 0.1) is 0 Å². The molecule has 1 atom stereocenters. The first-order valence-corrected chi connectivity index (χ1v) is 8.85. The van der Waals surface area contributed by atoms with Gasteiger partial charge in [-0.2, -0.15) is 0 Å². The van der Waals surface area contributed by atoms with Gasteiger partial charge in [-0.25, -0.2) is 9.69 Å². The average Bonchev–Trinajstić information content (AvgIpc) is 2.67. The molecule has 1 aliphatic rings. The SMILES string of the molecule is CCC(C)c1ccc(N2C(=O)NC(=O)/C(=C/c3ccc(O)c(O)c3)C2=O)cc1. The molecule has 3 rings (SSSR count). The van der Waals surface area contributed by atoms with E-state index in [0.29, 0.717) is 17.2 Å². The molecule has 1 saturated heterocycles. The fraction of sp³-hybridized carbons (Fsp3) is 0.190. The molecule has 0 spiro atoms. The fourth-order valence-corrected chi connectivity index (χ4v) is 2.88. The van der Waals surface area contributed by atoms with Crippen LogP contribution in [0.15, 0.2) is 48.0 Å². The number of phenols is 2. The van der Waals surface area contributed by atoms with Crippen molar-refractivity contribution >= 4 is 29.6 Å². The van der Waals surface area contributed by atoms with Gasteiger partial charge in [-0.05, 0) is 53.8 Å². The maximum Gasteiger partial charge on any atom is 0.335 e. The summed E-state index contributed by atoms with van der Waals surface area (Å²) >= 11 is 0. The Labute approximate surface area is 161 Å². The van der Waals surface area contributed by atoms with Gasteiger partial charge in [-0.15, -0.1) is 0 Å². The number of nitrogens with one attached hydrogen (secondary N) is 1. The number of aromatic hydroxyl groups is 2. The van der Waals surface area contributed by atoms with Crippen LogP contribution in [0.3, 0.4) is 0 Å². The fourth-order valence-electron chi connectivity index (χ4n) is 2.88. The van der Waals surface area contributed by atoms with Gasteiger partial charge in [0.1, 0.15) is 5.57 Å². The summed E-state index contributed by atoms with van der Waals surface area (Å²) in [5.41, 5.74) is 1.51. The standard InChI is InChI=1S/C21H20N2O5/c1-3-12(2)14-5-7-15(8-6-14)23-20(27)16(19(26)22-21(23)28)10-13-4-9-17(24)18(25)11-13/h4-12,24-25H,3H2,1-2H3,(H,22,26,28)/b16-10-. The number of benzene rings is 2. The van der Waals surface area contributed by atoms with Gasteiger partial charge >= 0.3 is 6.03 Å². The molecule has 1 heterocycles. The van der Waals surface area contributed by atoms with E-state index in [1.165, 1.54) is 24.3 Å². The molecule has 0 bridgehead atoms. The molecular formula is C21H20N2O5. The number of rotatable bonds is 4. The largest absolute Gasteiger partial charge is 0.504 e. The Morgan fingerprint density at radius 3 is 2.32 bits per heavy atom. The van der Waals surface area contributed by atoms with Gasteiger partial charge in [0, 0.05) is 0 Å². The van der Waals surface area contributed by atoms with Gasteiger partial charge in [-0.3, -0.25) is 14.9 Å². The smallest absolute Gasteiger partial charge is 0.335 e. The van der Waals surface area contributed by atoms with Crippen LogP contribution in [0.2, 0.25) is 0 Å². The number of amides is 4. The third-order valence-electron chi connectivity index (χ3n) is 4.74. The van der Waals surface area contributed by atoms with Gasteiger partial charge in [0.05, 0.1) is 5.69 Å². The van der Waals surface area contributed by atoms with E-state index in [2.05, 4.69) is 19.2 Å². The van der Waals surface area contributed by atoms with Crippen molar-refractivity contribution < 1.29 is 24.6 Å². The van der Waals surface area contributed by atoms with E-state index in [1.807, 2.05) is 12.1 Å². The van der Waals surface area contributed by atoms with E-state index in [4.69, 9.17) is 0 Å². The molecule has 2 aromatic carbocycles. The van der Waals surface area contributed by atoms with Crippen molar-refractivity contribution in [2.24, 2.45) is 0 Å². The number of hydrogen-bond acceptors (Lipinski definition) is 5. The summed E-state index contributed by atoms with van der Waals surface area (Å²) in [4.78, 5) is 38.2. The van der Waals surface area contributed by atoms with Crippen molar-refractivity contribution in [3.8, 4) is 11.5 Å². The van der Waals surface area contributed by atoms with Crippen molar-refractivity contribution in [3.05, 3.63) is 59.2 Å². The Balaban J connectivity index is 1.95. The van der Waals surface area contributed by atoms with Crippen molar-refractivity contribution in [2.45, 2.75) is 26.2 Å². The molecule has 144 valence electrons. The molecule has 2 aromatic rings. The number of anilines is 1. The Kier molecular flexibility index (Phi) is 5.17. The molecule has 1 fully saturated rings. The minimum Gasteiger partial charge on any atom is -0.504 e. The van der Waals surface area contributed by atoms with Crippen molar-refractivity contribution in [3.63, 3.8) is 0 Å². The van der Waals surface area contributed by atoms with E-state index in [9.17, 15) is 24.6 Å². The summed E-state index contributed by atoms with van der Waals surface area (Å²) < 4.78 is 0. The number of barbiturate groups is 1. The number of nitrogens with zero attached hydrogens (tertiary/aromatic N) is 1. The first-order chi connectivity index (χ1) is 13.3. The molecule has 0 aromatic heterocycles. The van der Waals surface area contributed by atoms with Crippen LogP contribution < -0.4 is 10.2 Å². The monoisotopic (exact) mass is 380 g/mol. The van der Waals surface area contributed by atoms with Gasteiger partial charge in [-0.1, -0.05) is 32.0 Å². The highest BCUT2D eigenvalue weighted by molar-refractivity contribution is 6.39. The van der Waals surface area contributed by atoms with Gasteiger partial charge in [0.15, 0.2) is 11.5 Å². The molecule has 0 saturated carbocycles. The summed E-state index contributed by atoms with van der Waals surface area (Å²) in [7, 11) is 0. The van der Waals surface area contributed by atoms with E-state index < -0.39 is 17.8 Å². The maximum atomic E-state index is 12.8. The molecular weight excluding hydrogens is 360 g/mol. The molecule has 28 heavy (non-hydrogen) atoms. The maximum absolute atomic E-state index is 12.8. The summed E-state index contributed by atoms with van der Waals surface area (Å²) in [5, 5.41) is 21.1. The molecule has 0 aliphatic carbocycles. The van der Waals surface area contributed by atoms with Gasteiger partial charge < -0.3 is 10.2 Å². The molecule has 4 amide bonds. The van der Waals surface area contributed by atoms with Gasteiger partial charge in [0.2, 0.25) is 0 Å². The first kappa shape index (κ1) is 19.2. The van der Waals surface area contributed by atoms with Crippen molar-refractivity contribution in [2.75, 3.05) is 4.90 Å². The minimum absolute atomic E-state index is 0.254. The summed E-state index contributed by atoms with van der Waals surface area (Å²) in [5.74, 6) is -1.95. The molecule has 1 unspecified atom stereocenters. The number of urea groups is 1. The van der Waals surface area contributed by atoms with E-state index in [0.717, 1.165) is 16.9 Å². The Hall–Kier alpha value is -3.61. The third kappa shape index (κ3) is 3.59. The van der Waals surface area contributed by atoms with Crippen LogP contribution in [0.4, 0.5) is 10.5 Å². The molecule has 7 nitrogen and oxygen atoms in total. The molecule has 1 aliphatic heterocycles. The Morgan fingerprint density at radius 2 is 1.71 bits per heavy atom. The quantitative estimate of drug-likeness (QED) is 0.429. The number of carbonyl (C=O) groups excluding carboxylic acids is 3. The Morgan fingerprint density at radius 1 is 1.04 bits per heavy atom. The number of hydrogen-bond donors (Lipinski definition) is 3. The Bertz CT molecular complexity index is 979. The first-order valence-electron chi connectivity index (χ1n) is 8.85. The van der Waals surface area contributed by atoms with E-state index >= 15 is 0 Å². The summed E-state index contributed by atoms with van der Waals surface area (Å²) in [6.07, 6.45) is 2.22. The second-order valence-corrected chi connectivity index (χ2v) is 6.61. The van der Waals surface area contributed by atoms with Crippen LogP contribution in [0.5, 0.6) is 11.5 Å². The second-order valence-electron chi connectivity index (χ2n) is 6.61. The zero-order valence-corrected chi connectivity index (χ0v) is 15.5. The van der Waals surface area contributed by atoms with Crippen LogP contribution in [0.1, 0.15) is 37.3 Å². The van der Waals surface area contributed by atoms with Crippen LogP contribution in [-0.2, 0) is 9.59 Å². The molecule has 7 heteroatoms. The topological polar surface area (TPSA) is 107 Å². The zero-order chi connectivity index (χ0) is 20.4. The highest BCUT2D eigenvalue weighted by Crippen LogP contribution is 2.28. The number of phenolic OH excluding ortho intramolecular Hbond substituents is 2. The number of carbonyl (C=O) groups is 3. The van der Waals surface area contributed by atoms with Crippen LogP contribution in [-0.4, -0.2) is 28.1 Å². The lowest BCUT2D eigenvalue weighted by molar-refractivity contribution is -0.122. The third-order valence-corrected chi connectivity index (χ3v) is 4.74. The van der Waals surface area contributed by atoms with Crippen LogP contribution >= 0.6 is 0 Å². The van der Waals surface area contributed by atoms with E-state index in [1.54, 1.807) is 12.1 Å². The van der Waals surface area contributed by atoms with Crippen molar-refractivity contribution in [1.82, 2.24) is 5.32 Å². The highest BCUT2D eigenvalue weighted by atomic mass is 16.3.